The minimum atomic E-state index is -0.210. The second kappa shape index (κ2) is 9.01. The van der Waals surface area contributed by atoms with Gasteiger partial charge < -0.3 is 24.8 Å². The van der Waals surface area contributed by atoms with Crippen molar-refractivity contribution in [2.24, 2.45) is 4.99 Å². The van der Waals surface area contributed by atoms with Crippen molar-refractivity contribution in [2.45, 2.75) is 25.0 Å². The first-order valence-corrected chi connectivity index (χ1v) is 9.83. The topological polar surface area (TPSA) is 63.7 Å². The van der Waals surface area contributed by atoms with Crippen LogP contribution in [0.1, 0.15) is 12.8 Å². The van der Waals surface area contributed by atoms with Crippen LogP contribution in [0.2, 0.25) is 0 Å². The van der Waals surface area contributed by atoms with Crippen molar-refractivity contribution in [2.75, 3.05) is 80.1 Å². The molecule has 8 nitrogen and oxygen atoms in total. The lowest BCUT2D eigenvalue weighted by Gasteiger charge is -2.40. The van der Waals surface area contributed by atoms with E-state index in [-0.39, 0.29) is 12.0 Å². The smallest absolute Gasteiger partial charge is 0.251 e. The summed E-state index contributed by atoms with van der Waals surface area (Å²) < 4.78 is 5.54. The molecule has 0 saturated carbocycles. The Morgan fingerprint density at radius 3 is 2.50 bits per heavy atom. The SMILES string of the molecule is CN=C(NCC1CN(C)CCN1C)N1CCN(C(=O)C2CCCO2)CC1. The monoisotopic (exact) mass is 366 g/mol. The highest BCUT2D eigenvalue weighted by Gasteiger charge is 2.31. The molecule has 3 rings (SSSR count). The van der Waals surface area contributed by atoms with E-state index < -0.39 is 0 Å². The first kappa shape index (κ1) is 19.4. The van der Waals surface area contributed by atoms with Crippen LogP contribution >= 0.6 is 0 Å². The molecule has 8 heteroatoms. The second-order valence-electron chi connectivity index (χ2n) is 7.64. The number of likely N-dealkylation sites (N-methyl/N-ethyl adjacent to an activating group) is 2. The first-order chi connectivity index (χ1) is 12.6. The summed E-state index contributed by atoms with van der Waals surface area (Å²) >= 11 is 0. The molecule has 0 spiro atoms. The lowest BCUT2D eigenvalue weighted by atomic mass is 10.2. The molecule has 148 valence electrons. The van der Waals surface area contributed by atoms with E-state index in [0.717, 1.165) is 77.8 Å². The zero-order chi connectivity index (χ0) is 18.5. The summed E-state index contributed by atoms with van der Waals surface area (Å²) in [6.07, 6.45) is 1.65. The Balaban J connectivity index is 1.45. The van der Waals surface area contributed by atoms with Crippen LogP contribution in [0.5, 0.6) is 0 Å². The third-order valence-corrected chi connectivity index (χ3v) is 5.78. The summed E-state index contributed by atoms with van der Waals surface area (Å²) in [5, 5.41) is 3.54. The largest absolute Gasteiger partial charge is 0.368 e. The minimum Gasteiger partial charge on any atom is -0.368 e. The van der Waals surface area contributed by atoms with Gasteiger partial charge in [-0.3, -0.25) is 14.7 Å². The molecule has 3 fully saturated rings. The van der Waals surface area contributed by atoms with Crippen molar-refractivity contribution in [1.29, 1.82) is 0 Å². The Morgan fingerprint density at radius 1 is 1.12 bits per heavy atom. The van der Waals surface area contributed by atoms with E-state index in [1.807, 2.05) is 11.9 Å². The lowest BCUT2D eigenvalue weighted by molar-refractivity contribution is -0.142. The van der Waals surface area contributed by atoms with E-state index in [9.17, 15) is 4.79 Å². The molecule has 1 amide bonds. The standard InChI is InChI=1S/C18H34N6O2/c1-19-18(20-13-15-14-21(2)6-7-22(15)3)24-10-8-23(9-11-24)17(25)16-5-4-12-26-16/h15-16H,4-14H2,1-3H3,(H,19,20). The number of rotatable bonds is 3. The van der Waals surface area contributed by atoms with Crippen LogP contribution in [0, 0.1) is 0 Å². The maximum atomic E-state index is 12.5. The number of nitrogens with one attached hydrogen (secondary N) is 1. The third-order valence-electron chi connectivity index (χ3n) is 5.78. The number of nitrogens with zero attached hydrogens (tertiary/aromatic N) is 5. The molecule has 3 aliphatic rings. The molecule has 26 heavy (non-hydrogen) atoms. The van der Waals surface area contributed by atoms with Gasteiger partial charge in [0.25, 0.3) is 5.91 Å². The molecule has 2 unspecified atom stereocenters. The van der Waals surface area contributed by atoms with Crippen LogP contribution < -0.4 is 5.32 Å². The van der Waals surface area contributed by atoms with E-state index in [4.69, 9.17) is 4.74 Å². The predicted octanol–water partition coefficient (Wildman–Crippen LogP) is -0.869. The van der Waals surface area contributed by atoms with Gasteiger partial charge in [-0.2, -0.15) is 0 Å². The number of carbonyl (C=O) groups excluding carboxylic acids is 1. The molecule has 0 aliphatic carbocycles. The average Bonchev–Trinajstić information content (AvgIpc) is 3.19. The quantitative estimate of drug-likeness (QED) is 0.518. The molecule has 0 aromatic heterocycles. The van der Waals surface area contributed by atoms with Crippen molar-refractivity contribution in [3.8, 4) is 0 Å². The van der Waals surface area contributed by atoms with Crippen LogP contribution in [0.3, 0.4) is 0 Å². The average molecular weight is 367 g/mol. The molecule has 0 bridgehead atoms. The Bertz CT molecular complexity index is 500. The van der Waals surface area contributed by atoms with Gasteiger partial charge in [-0.1, -0.05) is 0 Å². The molecule has 3 aliphatic heterocycles. The van der Waals surface area contributed by atoms with Crippen LogP contribution in [0.4, 0.5) is 0 Å². The zero-order valence-corrected chi connectivity index (χ0v) is 16.5. The maximum Gasteiger partial charge on any atom is 0.251 e. The molecule has 1 N–H and O–H groups in total. The predicted molar refractivity (Wildman–Crippen MR) is 102 cm³/mol. The molecule has 0 aromatic rings. The molecule has 0 aromatic carbocycles. The summed E-state index contributed by atoms with van der Waals surface area (Å²) in [5.74, 6) is 1.10. The van der Waals surface area contributed by atoms with Gasteiger partial charge in [-0.25, -0.2) is 0 Å². The van der Waals surface area contributed by atoms with Crippen molar-refractivity contribution < 1.29 is 9.53 Å². The van der Waals surface area contributed by atoms with Gasteiger partial charge in [-0.15, -0.1) is 0 Å². The number of ether oxygens (including phenoxy) is 1. The third kappa shape index (κ3) is 4.66. The number of guanidine groups is 1. The summed E-state index contributed by atoms with van der Waals surface area (Å²) in [5.41, 5.74) is 0. The molecule has 0 radical (unpaired) electrons. The number of carbonyl (C=O) groups is 1. The summed E-state index contributed by atoms with van der Waals surface area (Å²) in [7, 11) is 6.21. The van der Waals surface area contributed by atoms with Crippen molar-refractivity contribution >= 4 is 11.9 Å². The minimum absolute atomic E-state index is 0.164. The van der Waals surface area contributed by atoms with E-state index in [1.54, 1.807) is 0 Å². The van der Waals surface area contributed by atoms with Crippen molar-refractivity contribution in [3.63, 3.8) is 0 Å². The van der Waals surface area contributed by atoms with Crippen molar-refractivity contribution in [1.82, 2.24) is 24.9 Å². The van der Waals surface area contributed by atoms with E-state index in [0.29, 0.717) is 6.04 Å². The van der Waals surface area contributed by atoms with Gasteiger partial charge >= 0.3 is 0 Å². The number of piperazine rings is 2. The van der Waals surface area contributed by atoms with Gasteiger partial charge in [0.05, 0.1) is 0 Å². The fourth-order valence-corrected chi connectivity index (χ4v) is 3.98. The van der Waals surface area contributed by atoms with Crippen LogP contribution in [-0.2, 0) is 9.53 Å². The van der Waals surface area contributed by atoms with Gasteiger partial charge in [-0.05, 0) is 26.9 Å². The molecule has 2 atom stereocenters. The molecular weight excluding hydrogens is 332 g/mol. The van der Waals surface area contributed by atoms with Gasteiger partial charge in [0.2, 0.25) is 0 Å². The van der Waals surface area contributed by atoms with Crippen LogP contribution in [-0.4, -0.2) is 124 Å². The number of hydrogen-bond acceptors (Lipinski definition) is 5. The summed E-state index contributed by atoms with van der Waals surface area (Å²) in [4.78, 5) is 25.9. The fraction of sp³-hybridized carbons (Fsp3) is 0.889. The summed E-state index contributed by atoms with van der Waals surface area (Å²) in [6, 6.07) is 0.493. The lowest BCUT2D eigenvalue weighted by Crippen LogP contribution is -2.58. The summed E-state index contributed by atoms with van der Waals surface area (Å²) in [6.45, 7) is 8.03. The van der Waals surface area contributed by atoms with E-state index >= 15 is 0 Å². The number of amides is 1. The van der Waals surface area contributed by atoms with Gasteiger partial charge in [0.15, 0.2) is 5.96 Å². The first-order valence-electron chi connectivity index (χ1n) is 9.83. The highest BCUT2D eigenvalue weighted by atomic mass is 16.5. The van der Waals surface area contributed by atoms with Gasteiger partial charge in [0.1, 0.15) is 6.10 Å². The molecular formula is C18H34N6O2. The number of hydrogen-bond donors (Lipinski definition) is 1. The van der Waals surface area contributed by atoms with E-state index in [1.165, 1.54) is 0 Å². The normalized spacial score (nSPS) is 29.3. The number of aliphatic imine (C=N–C) groups is 1. The van der Waals surface area contributed by atoms with Crippen LogP contribution in [0.15, 0.2) is 4.99 Å². The van der Waals surface area contributed by atoms with E-state index in [2.05, 4.69) is 39.1 Å². The van der Waals surface area contributed by atoms with Gasteiger partial charge in [0, 0.05) is 72.1 Å². The van der Waals surface area contributed by atoms with Crippen LogP contribution in [0.25, 0.3) is 0 Å². The fourth-order valence-electron chi connectivity index (χ4n) is 3.98. The Morgan fingerprint density at radius 2 is 1.85 bits per heavy atom. The highest BCUT2D eigenvalue weighted by Crippen LogP contribution is 2.16. The highest BCUT2D eigenvalue weighted by molar-refractivity contribution is 5.82. The van der Waals surface area contributed by atoms with Crippen molar-refractivity contribution in [3.05, 3.63) is 0 Å². The molecule has 3 heterocycles. The maximum absolute atomic E-state index is 12.5. The Hall–Kier alpha value is -1.38. The Kier molecular flexibility index (Phi) is 6.72. The Labute approximate surface area is 157 Å². The zero-order valence-electron chi connectivity index (χ0n) is 16.5. The second-order valence-corrected chi connectivity index (χ2v) is 7.64. The molecule has 3 saturated heterocycles.